The highest BCUT2D eigenvalue weighted by Crippen LogP contribution is 2.49. The molecule has 0 bridgehead atoms. The Labute approximate surface area is 158 Å². The fourth-order valence-electron chi connectivity index (χ4n) is 3.76. The van der Waals surface area contributed by atoms with Gasteiger partial charge in [-0.3, -0.25) is 9.59 Å². The fraction of sp³-hybridized carbons (Fsp3) is 0.0952. The molecule has 138 valence electrons. The summed E-state index contributed by atoms with van der Waals surface area (Å²) >= 11 is 0. The number of benzene rings is 2. The van der Waals surface area contributed by atoms with Gasteiger partial charge in [0.2, 0.25) is 5.78 Å². The maximum absolute atomic E-state index is 13.4. The number of para-hydroxylation sites is 1. The zero-order chi connectivity index (χ0) is 19.3. The third-order valence-electron chi connectivity index (χ3n) is 5.05. The van der Waals surface area contributed by atoms with Gasteiger partial charge in [0.25, 0.3) is 11.5 Å². The van der Waals surface area contributed by atoms with Gasteiger partial charge in [-0.25, -0.2) is 4.39 Å². The number of furan rings is 1. The monoisotopic (exact) mass is 376 g/mol. The van der Waals surface area contributed by atoms with Crippen LogP contribution < -0.4 is 5.32 Å². The van der Waals surface area contributed by atoms with Crippen LogP contribution in [0.1, 0.15) is 21.7 Å². The van der Waals surface area contributed by atoms with Gasteiger partial charge < -0.3 is 14.6 Å². The first-order valence-corrected chi connectivity index (χ1v) is 8.62. The second-order valence-corrected chi connectivity index (χ2v) is 6.58. The molecule has 3 heterocycles. The number of anilines is 1. The van der Waals surface area contributed by atoms with Crippen molar-refractivity contribution in [3.63, 3.8) is 0 Å². The van der Waals surface area contributed by atoms with Gasteiger partial charge >= 0.3 is 0 Å². The molecule has 0 unspecified atom stereocenters. The second kappa shape index (κ2) is 5.88. The molecule has 2 aliphatic rings. The first-order valence-electron chi connectivity index (χ1n) is 8.62. The molecule has 0 saturated heterocycles. The minimum Gasteiger partial charge on any atom is -0.461 e. The van der Waals surface area contributed by atoms with Crippen LogP contribution in [0.3, 0.4) is 0 Å². The number of nitrogens with zero attached hydrogens (tertiary/aromatic N) is 1. The van der Waals surface area contributed by atoms with Crippen molar-refractivity contribution < 1.29 is 23.2 Å². The number of ketones is 1. The minimum absolute atomic E-state index is 0.0851. The molecule has 5 rings (SSSR count). The molecule has 0 saturated carbocycles. The van der Waals surface area contributed by atoms with E-state index in [-0.39, 0.29) is 11.5 Å². The van der Waals surface area contributed by atoms with E-state index in [1.54, 1.807) is 30.3 Å². The number of halogens is 1. The molecule has 7 heteroatoms. The summed E-state index contributed by atoms with van der Waals surface area (Å²) in [6.45, 7) is 0. The molecule has 0 radical (unpaired) electrons. The number of carbonyl (C=O) groups is 2. The number of nitrogens with one attached hydrogen (secondary N) is 1. The van der Waals surface area contributed by atoms with Crippen LogP contribution in [0.4, 0.5) is 10.1 Å². The quantitative estimate of drug-likeness (QED) is 0.710. The number of amides is 1. The molecule has 3 aromatic rings. The summed E-state index contributed by atoms with van der Waals surface area (Å²) in [5.74, 6) is -2.36. The van der Waals surface area contributed by atoms with E-state index in [0.29, 0.717) is 16.8 Å². The Morgan fingerprint density at radius 1 is 1.07 bits per heavy atom. The van der Waals surface area contributed by atoms with Gasteiger partial charge in [0.1, 0.15) is 17.4 Å². The first kappa shape index (κ1) is 16.4. The minimum atomic E-state index is -1.65. The Kier molecular flexibility index (Phi) is 3.45. The molecular weight excluding hydrogens is 363 g/mol. The van der Waals surface area contributed by atoms with Crippen molar-refractivity contribution in [1.82, 2.24) is 0 Å². The van der Waals surface area contributed by atoms with E-state index in [1.807, 2.05) is 0 Å². The lowest BCUT2D eigenvalue weighted by atomic mass is 9.75. The molecule has 1 aromatic heterocycles. The summed E-state index contributed by atoms with van der Waals surface area (Å²) < 4.78 is 18.7. The summed E-state index contributed by atoms with van der Waals surface area (Å²) in [5, 5.41) is 6.86. The molecule has 0 fully saturated rings. The summed E-state index contributed by atoms with van der Waals surface area (Å²) in [7, 11) is 0. The Morgan fingerprint density at radius 2 is 1.86 bits per heavy atom. The van der Waals surface area contributed by atoms with Gasteiger partial charge in [0, 0.05) is 16.8 Å². The van der Waals surface area contributed by atoms with Gasteiger partial charge in [0.05, 0.1) is 6.26 Å². The smallest absolute Gasteiger partial charge is 0.277 e. The van der Waals surface area contributed by atoms with E-state index in [0.717, 1.165) is 0 Å². The van der Waals surface area contributed by atoms with Crippen LogP contribution in [-0.2, 0) is 15.2 Å². The van der Waals surface area contributed by atoms with Crippen molar-refractivity contribution >= 4 is 23.1 Å². The molecule has 1 spiro atoms. The number of hydrogen-bond donors (Lipinski definition) is 1. The van der Waals surface area contributed by atoms with E-state index < -0.39 is 29.0 Å². The Bertz CT molecular complexity index is 1120. The highest BCUT2D eigenvalue weighted by Gasteiger charge is 2.63. The number of rotatable bonds is 3. The lowest BCUT2D eigenvalue weighted by Gasteiger charge is -2.26. The first-order chi connectivity index (χ1) is 13.6. The number of Topliss-reactive ketones (excluding diaryl/α,β-unsaturated/α-hetero) is 1. The highest BCUT2D eigenvalue weighted by atomic mass is 19.1. The second-order valence-electron chi connectivity index (χ2n) is 6.58. The number of oxime groups is 1. The van der Waals surface area contributed by atoms with Gasteiger partial charge in [-0.1, -0.05) is 35.5 Å². The molecule has 2 aromatic carbocycles. The molecule has 2 aliphatic heterocycles. The fourth-order valence-corrected chi connectivity index (χ4v) is 3.76. The molecule has 2 atom stereocenters. The van der Waals surface area contributed by atoms with Crippen molar-refractivity contribution in [2.75, 3.05) is 5.32 Å². The van der Waals surface area contributed by atoms with E-state index in [1.165, 1.54) is 36.6 Å². The molecule has 0 aliphatic carbocycles. The average Bonchev–Trinajstić information content (AvgIpc) is 3.42. The van der Waals surface area contributed by atoms with Crippen LogP contribution in [0, 0.1) is 11.7 Å². The Hall–Kier alpha value is -3.74. The molecule has 6 nitrogen and oxygen atoms in total. The number of hydrogen-bond acceptors (Lipinski definition) is 5. The number of carbonyl (C=O) groups excluding carboxylic acids is 2. The lowest BCUT2D eigenvalue weighted by molar-refractivity contribution is -0.140. The molecule has 1 N–H and O–H groups in total. The SMILES string of the molecule is O=C(c1ccco1)[C@@H]1C(c2ccc(F)cc2)=NO[C@]12C(=O)Nc1ccccc12. The molecular formula is C21H13FN2O4. The summed E-state index contributed by atoms with van der Waals surface area (Å²) in [6.07, 6.45) is 1.38. The maximum Gasteiger partial charge on any atom is 0.277 e. The van der Waals surface area contributed by atoms with Crippen molar-refractivity contribution in [2.24, 2.45) is 11.1 Å². The standard InChI is InChI=1S/C21H13FN2O4/c22-13-9-7-12(8-10-13)18-17(19(25)16-6-3-11-27-16)21(28-24-18)14-4-1-2-5-15(14)23-20(21)26/h1-11,17H,(H,23,26)/t17-,21-/m0/s1. The normalized spacial score (nSPS) is 22.5. The molecule has 28 heavy (non-hydrogen) atoms. The van der Waals surface area contributed by atoms with Crippen molar-refractivity contribution in [1.29, 1.82) is 0 Å². The van der Waals surface area contributed by atoms with Crippen LogP contribution in [0.25, 0.3) is 0 Å². The summed E-state index contributed by atoms with van der Waals surface area (Å²) in [5.41, 5.74) is 0.157. The highest BCUT2D eigenvalue weighted by molar-refractivity contribution is 6.24. The van der Waals surface area contributed by atoms with Crippen molar-refractivity contribution in [3.8, 4) is 0 Å². The molecule has 1 amide bonds. The summed E-state index contributed by atoms with van der Waals surface area (Å²) in [4.78, 5) is 32.1. The van der Waals surface area contributed by atoms with E-state index in [2.05, 4.69) is 10.5 Å². The van der Waals surface area contributed by atoms with E-state index in [4.69, 9.17) is 9.25 Å². The van der Waals surface area contributed by atoms with Gasteiger partial charge in [0.15, 0.2) is 5.76 Å². The van der Waals surface area contributed by atoms with Crippen LogP contribution in [0.5, 0.6) is 0 Å². The van der Waals surface area contributed by atoms with Crippen molar-refractivity contribution in [3.05, 3.63) is 89.6 Å². The van der Waals surface area contributed by atoms with E-state index >= 15 is 0 Å². The zero-order valence-electron chi connectivity index (χ0n) is 14.4. The largest absolute Gasteiger partial charge is 0.461 e. The zero-order valence-corrected chi connectivity index (χ0v) is 14.4. The van der Waals surface area contributed by atoms with Gasteiger partial charge in [-0.2, -0.15) is 0 Å². The van der Waals surface area contributed by atoms with Crippen LogP contribution in [0.15, 0.2) is 76.5 Å². The predicted octanol–water partition coefficient (Wildman–Crippen LogP) is 3.50. The maximum atomic E-state index is 13.4. The predicted molar refractivity (Wildman–Crippen MR) is 97.3 cm³/mol. The van der Waals surface area contributed by atoms with Crippen molar-refractivity contribution in [2.45, 2.75) is 5.60 Å². The van der Waals surface area contributed by atoms with Crippen LogP contribution >= 0.6 is 0 Å². The Morgan fingerprint density at radius 3 is 2.61 bits per heavy atom. The third kappa shape index (κ3) is 2.16. The van der Waals surface area contributed by atoms with Gasteiger partial charge in [-0.05, 0) is 30.3 Å². The Balaban J connectivity index is 1.70. The van der Waals surface area contributed by atoms with Crippen LogP contribution in [0.2, 0.25) is 0 Å². The summed E-state index contributed by atoms with van der Waals surface area (Å²) in [6, 6.07) is 15.6. The third-order valence-corrected chi connectivity index (χ3v) is 5.05. The van der Waals surface area contributed by atoms with Crippen LogP contribution in [-0.4, -0.2) is 17.4 Å². The number of fused-ring (bicyclic) bond motifs is 2. The lowest BCUT2D eigenvalue weighted by Crippen LogP contribution is -2.46. The van der Waals surface area contributed by atoms with E-state index in [9.17, 15) is 14.0 Å². The topological polar surface area (TPSA) is 80.9 Å². The average molecular weight is 376 g/mol. The van der Waals surface area contributed by atoms with Gasteiger partial charge in [-0.15, -0.1) is 0 Å².